The monoisotopic (exact) mass is 419 g/mol. The van der Waals surface area contributed by atoms with Crippen LogP contribution in [0.15, 0.2) is 65.7 Å². The van der Waals surface area contributed by atoms with Crippen molar-refractivity contribution < 1.29 is 12.8 Å². The maximum absolute atomic E-state index is 14.7. The SMILES string of the molecule is Cc1cccc(-c2n[nH]cc2-c2ccc(F)c(-c3ccc4c(c3)CCS4(=O)=O)c2)n1. The standard InChI is InChI=1S/C23H18FN3O2S/c1-14-3-2-4-21(26-14)23-19(13-25-27-23)16-5-7-20(24)18(12-16)15-6-8-22-17(11-15)9-10-30(22,28)29/h2-8,11-13H,9-10H2,1H3,(H,25,27). The van der Waals surface area contributed by atoms with Crippen molar-refractivity contribution >= 4 is 9.84 Å². The van der Waals surface area contributed by atoms with Crippen LogP contribution in [0.5, 0.6) is 0 Å². The van der Waals surface area contributed by atoms with Crippen LogP contribution in [0.2, 0.25) is 0 Å². The summed E-state index contributed by atoms with van der Waals surface area (Å²) < 4.78 is 38.9. The Labute approximate surface area is 173 Å². The van der Waals surface area contributed by atoms with Crippen LogP contribution in [0.25, 0.3) is 33.6 Å². The molecule has 3 heterocycles. The summed E-state index contributed by atoms with van der Waals surface area (Å²) in [5, 5.41) is 7.23. The summed E-state index contributed by atoms with van der Waals surface area (Å²) in [6.45, 7) is 1.92. The number of aromatic nitrogens is 3. The van der Waals surface area contributed by atoms with Crippen LogP contribution in [0.3, 0.4) is 0 Å². The van der Waals surface area contributed by atoms with Gasteiger partial charge in [-0.05, 0) is 66.4 Å². The minimum absolute atomic E-state index is 0.107. The van der Waals surface area contributed by atoms with Crippen molar-refractivity contribution in [2.24, 2.45) is 0 Å². The zero-order valence-electron chi connectivity index (χ0n) is 16.2. The molecule has 0 unspecified atom stereocenters. The van der Waals surface area contributed by atoms with E-state index in [1.54, 1.807) is 36.5 Å². The molecule has 0 saturated carbocycles. The van der Waals surface area contributed by atoms with Gasteiger partial charge >= 0.3 is 0 Å². The molecule has 0 amide bonds. The van der Waals surface area contributed by atoms with E-state index in [1.165, 1.54) is 6.07 Å². The lowest BCUT2D eigenvalue weighted by molar-refractivity contribution is 0.600. The molecular formula is C23H18FN3O2S. The number of aromatic amines is 1. The number of sulfone groups is 1. The second-order valence-electron chi connectivity index (χ2n) is 7.40. The zero-order valence-corrected chi connectivity index (χ0v) is 17.0. The Hall–Kier alpha value is -3.32. The van der Waals surface area contributed by atoms with Gasteiger partial charge in [-0.3, -0.25) is 10.1 Å². The molecule has 0 aliphatic carbocycles. The first-order valence-corrected chi connectivity index (χ1v) is 11.2. The molecule has 0 radical (unpaired) electrons. The van der Waals surface area contributed by atoms with Crippen molar-refractivity contribution in [1.82, 2.24) is 15.2 Å². The number of nitrogens with zero attached hydrogens (tertiary/aromatic N) is 2. The molecular weight excluding hydrogens is 401 g/mol. The van der Waals surface area contributed by atoms with Crippen LogP contribution in [0.4, 0.5) is 4.39 Å². The van der Waals surface area contributed by atoms with Gasteiger partial charge in [-0.2, -0.15) is 5.10 Å². The van der Waals surface area contributed by atoms with E-state index in [9.17, 15) is 12.8 Å². The normalized spacial score (nSPS) is 14.6. The van der Waals surface area contributed by atoms with Gasteiger partial charge in [-0.1, -0.05) is 18.2 Å². The van der Waals surface area contributed by atoms with Gasteiger partial charge in [0, 0.05) is 23.0 Å². The third-order valence-corrected chi connectivity index (χ3v) is 7.21. The molecule has 7 heteroatoms. The summed E-state index contributed by atoms with van der Waals surface area (Å²) in [5.74, 6) is -0.255. The molecule has 2 aromatic heterocycles. The lowest BCUT2D eigenvalue weighted by Crippen LogP contribution is -1.98. The maximum Gasteiger partial charge on any atom is 0.178 e. The molecule has 5 rings (SSSR count). The number of aryl methyl sites for hydroxylation is 2. The van der Waals surface area contributed by atoms with Gasteiger partial charge in [0.15, 0.2) is 9.84 Å². The van der Waals surface area contributed by atoms with E-state index in [4.69, 9.17) is 0 Å². The van der Waals surface area contributed by atoms with Crippen LogP contribution < -0.4 is 0 Å². The Kier molecular flexibility index (Phi) is 4.29. The quantitative estimate of drug-likeness (QED) is 0.527. The van der Waals surface area contributed by atoms with E-state index >= 15 is 0 Å². The summed E-state index contributed by atoms with van der Waals surface area (Å²) in [6, 6.07) is 15.7. The van der Waals surface area contributed by atoms with E-state index in [2.05, 4.69) is 15.2 Å². The number of fused-ring (bicyclic) bond motifs is 1. The second-order valence-corrected chi connectivity index (χ2v) is 9.48. The highest BCUT2D eigenvalue weighted by Gasteiger charge is 2.26. The van der Waals surface area contributed by atoms with Crippen molar-refractivity contribution in [3.8, 4) is 33.6 Å². The Balaban J connectivity index is 1.61. The third-order valence-electron chi connectivity index (χ3n) is 5.40. The smallest absolute Gasteiger partial charge is 0.178 e. The molecule has 0 bridgehead atoms. The summed E-state index contributed by atoms with van der Waals surface area (Å²) in [7, 11) is -3.21. The first kappa shape index (κ1) is 18.7. The lowest BCUT2D eigenvalue weighted by atomic mass is 9.96. The highest BCUT2D eigenvalue weighted by Crippen LogP contribution is 2.35. The van der Waals surface area contributed by atoms with E-state index in [1.807, 2.05) is 25.1 Å². The number of halogens is 1. The van der Waals surface area contributed by atoms with Crippen LogP contribution in [-0.2, 0) is 16.3 Å². The minimum atomic E-state index is -3.21. The van der Waals surface area contributed by atoms with Gasteiger partial charge in [0.1, 0.15) is 11.5 Å². The number of nitrogens with one attached hydrogen (secondary N) is 1. The molecule has 0 saturated heterocycles. The third kappa shape index (κ3) is 3.11. The van der Waals surface area contributed by atoms with Gasteiger partial charge in [0.25, 0.3) is 0 Å². The van der Waals surface area contributed by atoms with Crippen molar-refractivity contribution in [2.75, 3.05) is 5.75 Å². The first-order valence-electron chi connectivity index (χ1n) is 9.56. The fourth-order valence-electron chi connectivity index (χ4n) is 3.89. The molecule has 0 atom stereocenters. The Morgan fingerprint density at radius 3 is 2.63 bits per heavy atom. The minimum Gasteiger partial charge on any atom is -0.284 e. The molecule has 30 heavy (non-hydrogen) atoms. The fourth-order valence-corrected chi connectivity index (χ4v) is 5.44. The number of benzene rings is 2. The van der Waals surface area contributed by atoms with Gasteiger partial charge in [-0.25, -0.2) is 12.8 Å². The highest BCUT2D eigenvalue weighted by molar-refractivity contribution is 7.91. The summed E-state index contributed by atoms with van der Waals surface area (Å²) >= 11 is 0. The molecule has 150 valence electrons. The van der Waals surface area contributed by atoms with Gasteiger partial charge in [-0.15, -0.1) is 0 Å². The molecule has 0 spiro atoms. The van der Waals surface area contributed by atoms with Crippen molar-refractivity contribution in [3.63, 3.8) is 0 Å². The maximum atomic E-state index is 14.7. The van der Waals surface area contributed by atoms with Crippen LogP contribution in [0.1, 0.15) is 11.3 Å². The largest absolute Gasteiger partial charge is 0.284 e. The zero-order chi connectivity index (χ0) is 20.9. The van der Waals surface area contributed by atoms with E-state index in [0.717, 1.165) is 28.1 Å². The van der Waals surface area contributed by atoms with E-state index in [-0.39, 0.29) is 11.6 Å². The number of hydrogen-bond acceptors (Lipinski definition) is 4. The van der Waals surface area contributed by atoms with E-state index in [0.29, 0.717) is 28.1 Å². The lowest BCUT2D eigenvalue weighted by Gasteiger charge is -2.09. The van der Waals surface area contributed by atoms with Gasteiger partial charge in [0.2, 0.25) is 0 Å². The van der Waals surface area contributed by atoms with Gasteiger partial charge < -0.3 is 0 Å². The fraction of sp³-hybridized carbons (Fsp3) is 0.130. The highest BCUT2D eigenvalue weighted by atomic mass is 32.2. The Morgan fingerprint density at radius 2 is 1.80 bits per heavy atom. The molecule has 0 fully saturated rings. The average Bonchev–Trinajstić information content (AvgIpc) is 3.33. The van der Waals surface area contributed by atoms with Crippen molar-refractivity contribution in [1.29, 1.82) is 0 Å². The van der Waals surface area contributed by atoms with Crippen molar-refractivity contribution in [3.05, 3.63) is 77.9 Å². The molecule has 4 aromatic rings. The average molecular weight is 419 g/mol. The molecule has 2 aromatic carbocycles. The topological polar surface area (TPSA) is 75.7 Å². The number of hydrogen-bond donors (Lipinski definition) is 1. The van der Waals surface area contributed by atoms with E-state index < -0.39 is 9.84 Å². The molecule has 5 nitrogen and oxygen atoms in total. The summed E-state index contributed by atoms with van der Waals surface area (Å²) in [4.78, 5) is 4.89. The van der Waals surface area contributed by atoms with Crippen LogP contribution >= 0.6 is 0 Å². The Morgan fingerprint density at radius 1 is 1.00 bits per heavy atom. The van der Waals surface area contributed by atoms with Crippen LogP contribution in [0, 0.1) is 12.7 Å². The van der Waals surface area contributed by atoms with Crippen molar-refractivity contribution in [2.45, 2.75) is 18.2 Å². The predicted molar refractivity (Wildman–Crippen MR) is 113 cm³/mol. The predicted octanol–water partition coefficient (Wildman–Crippen LogP) is 4.58. The second kappa shape index (κ2) is 6.88. The van der Waals surface area contributed by atoms with Gasteiger partial charge in [0.05, 0.1) is 16.3 Å². The van der Waals surface area contributed by atoms with Crippen LogP contribution in [-0.4, -0.2) is 29.4 Å². The number of pyridine rings is 1. The first-order chi connectivity index (χ1) is 14.4. The number of H-pyrrole nitrogens is 1. The Bertz CT molecular complexity index is 1390. The molecule has 1 N–H and O–H groups in total. The summed E-state index contributed by atoms with van der Waals surface area (Å²) in [5.41, 5.74) is 5.74. The molecule has 1 aliphatic heterocycles. The number of rotatable bonds is 3. The summed E-state index contributed by atoms with van der Waals surface area (Å²) in [6.07, 6.45) is 2.23. The molecule has 1 aliphatic rings.